The number of amides is 1. The summed E-state index contributed by atoms with van der Waals surface area (Å²) >= 11 is 0. The van der Waals surface area contributed by atoms with E-state index in [0.29, 0.717) is 37.7 Å². The minimum Gasteiger partial charge on any atom is -0.326 e. The number of aromatic nitrogens is 1. The highest BCUT2D eigenvalue weighted by atomic mass is 32.2. The Morgan fingerprint density at radius 2 is 1.74 bits per heavy atom. The molecule has 1 saturated heterocycles. The highest BCUT2D eigenvalue weighted by Gasteiger charge is 2.39. The van der Waals surface area contributed by atoms with Crippen LogP contribution in [-0.4, -0.2) is 36.3 Å². The van der Waals surface area contributed by atoms with E-state index in [0.717, 1.165) is 18.5 Å². The van der Waals surface area contributed by atoms with E-state index in [1.54, 1.807) is 45.3 Å². The number of pyridine rings is 1. The van der Waals surface area contributed by atoms with Gasteiger partial charge in [0.05, 0.1) is 4.90 Å². The van der Waals surface area contributed by atoms with Crippen LogP contribution in [0.4, 0.5) is 5.69 Å². The van der Waals surface area contributed by atoms with Gasteiger partial charge in [0.1, 0.15) is 0 Å². The zero-order valence-electron chi connectivity index (χ0n) is 19.5. The van der Waals surface area contributed by atoms with E-state index in [1.165, 1.54) is 32.1 Å². The molecule has 3 heterocycles. The van der Waals surface area contributed by atoms with E-state index < -0.39 is 10.0 Å². The number of benzene rings is 1. The molecule has 2 atom stereocenters. The molecule has 182 valence electrons. The average molecular weight is 484 g/mol. The van der Waals surface area contributed by atoms with Crippen molar-refractivity contribution in [3.05, 3.63) is 58.5 Å². The molecule has 1 aliphatic carbocycles. The predicted molar refractivity (Wildman–Crippen MR) is 131 cm³/mol. The topological polar surface area (TPSA) is 88.5 Å². The third-order valence-electron chi connectivity index (χ3n) is 7.73. The van der Waals surface area contributed by atoms with Crippen LogP contribution in [0.15, 0.2) is 52.2 Å². The van der Waals surface area contributed by atoms with Crippen LogP contribution in [-0.2, 0) is 21.4 Å². The van der Waals surface area contributed by atoms with Crippen LogP contribution in [0.1, 0.15) is 63.0 Å². The first-order valence-electron chi connectivity index (χ1n) is 12.5. The van der Waals surface area contributed by atoms with Gasteiger partial charge in [0.25, 0.3) is 5.56 Å². The number of hydrogen-bond donors (Lipinski definition) is 1. The number of piperidine rings is 1. The number of fused-ring (bicyclic) bond motifs is 4. The Morgan fingerprint density at radius 3 is 2.50 bits per heavy atom. The van der Waals surface area contributed by atoms with Crippen LogP contribution in [0.3, 0.4) is 0 Å². The summed E-state index contributed by atoms with van der Waals surface area (Å²) in [6.45, 7) is 1.35. The fourth-order valence-corrected chi connectivity index (χ4v) is 7.50. The maximum atomic E-state index is 13.4. The molecule has 1 aromatic heterocycles. The van der Waals surface area contributed by atoms with Gasteiger partial charge in [-0.1, -0.05) is 38.2 Å². The number of carbonyl (C=O) groups is 1. The van der Waals surface area contributed by atoms with Crippen LogP contribution >= 0.6 is 0 Å². The van der Waals surface area contributed by atoms with Crippen molar-refractivity contribution in [1.82, 2.24) is 8.87 Å². The van der Waals surface area contributed by atoms with Crippen LogP contribution in [0.25, 0.3) is 0 Å². The van der Waals surface area contributed by atoms with E-state index >= 15 is 0 Å². The number of carbonyl (C=O) groups excluding carboxylic acids is 1. The summed E-state index contributed by atoms with van der Waals surface area (Å²) in [7, 11) is -3.65. The number of nitrogens with one attached hydrogen (secondary N) is 1. The van der Waals surface area contributed by atoms with Crippen molar-refractivity contribution in [3.8, 4) is 0 Å². The molecule has 34 heavy (non-hydrogen) atoms. The van der Waals surface area contributed by atoms with Gasteiger partial charge in [-0.3, -0.25) is 9.59 Å². The highest BCUT2D eigenvalue weighted by molar-refractivity contribution is 7.89. The van der Waals surface area contributed by atoms with Crippen LogP contribution in [0, 0.1) is 11.8 Å². The Morgan fingerprint density at radius 1 is 0.971 bits per heavy atom. The minimum atomic E-state index is -3.65. The monoisotopic (exact) mass is 483 g/mol. The maximum Gasteiger partial charge on any atom is 0.250 e. The lowest BCUT2D eigenvalue weighted by Gasteiger charge is -2.42. The van der Waals surface area contributed by atoms with Crippen molar-refractivity contribution in [2.75, 3.05) is 18.4 Å². The van der Waals surface area contributed by atoms with Gasteiger partial charge in [-0.2, -0.15) is 4.31 Å². The fourth-order valence-electron chi connectivity index (χ4n) is 5.94. The number of sulfonamides is 1. The van der Waals surface area contributed by atoms with Crippen molar-refractivity contribution < 1.29 is 13.2 Å². The third-order valence-corrected chi connectivity index (χ3v) is 9.57. The molecule has 2 aliphatic heterocycles. The highest BCUT2D eigenvalue weighted by Crippen LogP contribution is 2.37. The van der Waals surface area contributed by atoms with Gasteiger partial charge in [0.15, 0.2) is 0 Å². The van der Waals surface area contributed by atoms with Crippen LogP contribution < -0.4 is 10.9 Å². The molecule has 1 aromatic carbocycles. The Balaban J connectivity index is 1.22. The smallest absolute Gasteiger partial charge is 0.250 e. The van der Waals surface area contributed by atoms with E-state index in [9.17, 15) is 18.0 Å². The van der Waals surface area contributed by atoms with E-state index in [4.69, 9.17) is 0 Å². The number of hydrogen-bond acceptors (Lipinski definition) is 4. The molecule has 1 amide bonds. The van der Waals surface area contributed by atoms with E-state index in [2.05, 4.69) is 5.32 Å². The van der Waals surface area contributed by atoms with Crippen LogP contribution in [0.5, 0.6) is 0 Å². The quantitative estimate of drug-likeness (QED) is 0.674. The van der Waals surface area contributed by atoms with Crippen LogP contribution in [0.2, 0.25) is 0 Å². The molecule has 1 saturated carbocycles. The molecule has 0 radical (unpaired) electrons. The van der Waals surface area contributed by atoms with Crippen molar-refractivity contribution in [2.24, 2.45) is 11.8 Å². The van der Waals surface area contributed by atoms with Crippen molar-refractivity contribution in [1.29, 1.82) is 0 Å². The third kappa shape index (κ3) is 4.84. The summed E-state index contributed by atoms with van der Waals surface area (Å²) in [4.78, 5) is 24.8. The molecule has 3 aliphatic rings. The summed E-state index contributed by atoms with van der Waals surface area (Å²) in [5.74, 6) is 0.795. The number of rotatable bonds is 6. The number of anilines is 1. The zero-order valence-corrected chi connectivity index (χ0v) is 20.3. The van der Waals surface area contributed by atoms with Gasteiger partial charge in [-0.15, -0.1) is 0 Å². The lowest BCUT2D eigenvalue weighted by atomic mass is 9.84. The minimum absolute atomic E-state index is 0.0140. The molecular weight excluding hydrogens is 450 g/mol. The molecule has 2 fully saturated rings. The first-order chi connectivity index (χ1) is 16.4. The normalized spacial score (nSPS) is 23.3. The van der Waals surface area contributed by atoms with Gasteiger partial charge in [0, 0.05) is 49.4 Å². The summed E-state index contributed by atoms with van der Waals surface area (Å²) in [6.07, 6.45) is 8.63. The summed E-state index contributed by atoms with van der Waals surface area (Å²) in [6, 6.07) is 11.8. The summed E-state index contributed by atoms with van der Waals surface area (Å²) in [5, 5.41) is 2.91. The maximum absolute atomic E-state index is 13.4. The Kier molecular flexibility index (Phi) is 6.62. The Bertz CT molecular complexity index is 1200. The fraction of sp³-hybridized carbons (Fsp3) is 0.538. The molecule has 8 heteroatoms. The number of nitrogens with zero attached hydrogens (tertiary/aromatic N) is 2. The molecule has 5 rings (SSSR count). The molecule has 1 N–H and O–H groups in total. The molecule has 0 spiro atoms. The van der Waals surface area contributed by atoms with Gasteiger partial charge in [-0.25, -0.2) is 8.42 Å². The average Bonchev–Trinajstić information content (AvgIpc) is 2.84. The lowest BCUT2D eigenvalue weighted by Crippen LogP contribution is -2.48. The molecule has 2 aromatic rings. The van der Waals surface area contributed by atoms with Gasteiger partial charge in [-0.05, 0) is 55.0 Å². The molecule has 7 nitrogen and oxygen atoms in total. The lowest BCUT2D eigenvalue weighted by molar-refractivity contribution is -0.116. The summed E-state index contributed by atoms with van der Waals surface area (Å²) in [5.41, 5.74) is 1.53. The molecular formula is C26H33N3O4S. The predicted octanol–water partition coefficient (Wildman–Crippen LogP) is 3.96. The van der Waals surface area contributed by atoms with Crippen molar-refractivity contribution >= 4 is 21.6 Å². The largest absolute Gasteiger partial charge is 0.326 e. The SMILES string of the molecule is O=C(CCC1CCCCC1)Nc1ccc(S(=O)(=O)N2C[C@H]3C[C@@H](C2)c2cccc(=O)n2C3)cc1. The van der Waals surface area contributed by atoms with Crippen molar-refractivity contribution in [2.45, 2.75) is 68.7 Å². The van der Waals surface area contributed by atoms with E-state index in [-0.39, 0.29) is 28.2 Å². The Hall–Kier alpha value is -2.45. The Labute approximate surface area is 201 Å². The second kappa shape index (κ2) is 9.66. The van der Waals surface area contributed by atoms with Crippen molar-refractivity contribution in [3.63, 3.8) is 0 Å². The van der Waals surface area contributed by atoms with E-state index in [1.807, 2.05) is 6.07 Å². The first-order valence-corrected chi connectivity index (χ1v) is 13.9. The first kappa shape index (κ1) is 23.3. The molecule has 2 bridgehead atoms. The summed E-state index contributed by atoms with van der Waals surface area (Å²) < 4.78 is 30.1. The van der Waals surface area contributed by atoms with Gasteiger partial charge >= 0.3 is 0 Å². The second-order valence-corrected chi connectivity index (χ2v) is 12.1. The van der Waals surface area contributed by atoms with Gasteiger partial charge < -0.3 is 9.88 Å². The zero-order chi connectivity index (χ0) is 23.7. The second-order valence-electron chi connectivity index (χ2n) is 10.1. The standard InChI is InChI=1S/C26H33N3O4S/c30-25(14-9-19-5-2-1-3-6-19)27-22-10-12-23(13-11-22)34(32,33)28-16-20-15-21(18-28)24-7-4-8-26(31)29(24)17-20/h4,7-8,10-13,19-21H,1-3,5-6,9,14-18H2,(H,27,30)/t20-,21+/m1/s1. The molecule has 0 unspecified atom stereocenters. The van der Waals surface area contributed by atoms with Gasteiger partial charge in [0.2, 0.25) is 15.9 Å².